The van der Waals surface area contributed by atoms with Crippen molar-refractivity contribution < 1.29 is 10.0 Å². The number of amidine groups is 1. The number of benzene rings is 1. The number of anilines is 1. The molecule has 6 heteroatoms. The maximum absolute atomic E-state index is 11.9. The first-order valence-corrected chi connectivity index (χ1v) is 7.53. The monoisotopic (exact) mass is 311 g/mol. The zero-order valence-electron chi connectivity index (χ0n) is 12.2. The van der Waals surface area contributed by atoms with Crippen LogP contribution < -0.4 is 11.1 Å². The fourth-order valence-corrected chi connectivity index (χ4v) is 2.10. The van der Waals surface area contributed by atoms with Gasteiger partial charge in [-0.05, 0) is 24.6 Å². The quantitative estimate of drug-likeness (QED) is 0.225. The molecule has 4 N–H and O–H groups in total. The maximum atomic E-state index is 11.9. The smallest absolute Gasteiger partial charge is 0.224 e. The lowest BCUT2D eigenvalue weighted by Crippen LogP contribution is -2.15. The molecule has 0 aliphatic heterocycles. The van der Waals surface area contributed by atoms with E-state index >= 15 is 0 Å². The Labute approximate surface area is 130 Å². The number of hydrogen-bond donors (Lipinski definition) is 3. The Morgan fingerprint density at radius 3 is 2.71 bits per heavy atom. The fourth-order valence-electron chi connectivity index (χ4n) is 1.94. The van der Waals surface area contributed by atoms with Crippen molar-refractivity contribution in [1.82, 2.24) is 0 Å². The number of hydrogen-bond acceptors (Lipinski definition) is 3. The van der Waals surface area contributed by atoms with E-state index in [0.717, 1.165) is 19.3 Å². The third-order valence-corrected chi connectivity index (χ3v) is 3.48. The molecule has 116 valence electrons. The van der Waals surface area contributed by atoms with Gasteiger partial charge in [-0.25, -0.2) is 0 Å². The standard InChI is InChI=1S/C15H22ClN3O2/c1-2-3-4-5-6-7-14(20)18-13-10-11(15(17)19-21)8-9-12(13)16/h8-10,21H,2-7H2,1H3,(H2,17,19)(H,18,20). The van der Waals surface area contributed by atoms with Gasteiger partial charge in [0.2, 0.25) is 5.91 Å². The molecule has 1 amide bonds. The van der Waals surface area contributed by atoms with Crippen LogP contribution in [0.3, 0.4) is 0 Å². The minimum atomic E-state index is -0.0787. The average Bonchev–Trinajstić information content (AvgIpc) is 2.48. The second-order valence-electron chi connectivity index (χ2n) is 4.89. The first-order valence-electron chi connectivity index (χ1n) is 7.15. The van der Waals surface area contributed by atoms with Crippen molar-refractivity contribution in [2.45, 2.75) is 45.4 Å². The summed E-state index contributed by atoms with van der Waals surface area (Å²) in [6.45, 7) is 2.16. The van der Waals surface area contributed by atoms with E-state index in [2.05, 4.69) is 17.4 Å². The van der Waals surface area contributed by atoms with Gasteiger partial charge in [0.15, 0.2) is 5.84 Å². The molecule has 1 aromatic carbocycles. The van der Waals surface area contributed by atoms with Gasteiger partial charge in [0, 0.05) is 12.0 Å². The van der Waals surface area contributed by atoms with Gasteiger partial charge in [-0.3, -0.25) is 4.79 Å². The molecule has 0 fully saturated rings. The Morgan fingerprint density at radius 1 is 1.33 bits per heavy atom. The van der Waals surface area contributed by atoms with E-state index in [1.165, 1.54) is 12.8 Å². The van der Waals surface area contributed by atoms with E-state index in [-0.39, 0.29) is 11.7 Å². The van der Waals surface area contributed by atoms with Gasteiger partial charge in [-0.2, -0.15) is 0 Å². The molecule has 0 bridgehead atoms. The van der Waals surface area contributed by atoms with E-state index in [1.54, 1.807) is 18.2 Å². The Balaban J connectivity index is 2.55. The van der Waals surface area contributed by atoms with Crippen molar-refractivity contribution in [3.05, 3.63) is 28.8 Å². The van der Waals surface area contributed by atoms with Crippen LogP contribution in [-0.4, -0.2) is 17.0 Å². The van der Waals surface area contributed by atoms with Gasteiger partial charge >= 0.3 is 0 Å². The van der Waals surface area contributed by atoms with Crippen molar-refractivity contribution in [2.75, 3.05) is 5.32 Å². The van der Waals surface area contributed by atoms with E-state index in [9.17, 15) is 4.79 Å². The van der Waals surface area contributed by atoms with Crippen LogP contribution in [0.4, 0.5) is 5.69 Å². The van der Waals surface area contributed by atoms with Crippen molar-refractivity contribution in [3.8, 4) is 0 Å². The third kappa shape index (κ3) is 6.04. The molecule has 0 aromatic heterocycles. The largest absolute Gasteiger partial charge is 0.409 e. The van der Waals surface area contributed by atoms with Crippen molar-refractivity contribution in [3.63, 3.8) is 0 Å². The molecule has 0 spiro atoms. The lowest BCUT2D eigenvalue weighted by atomic mass is 10.1. The van der Waals surface area contributed by atoms with Crippen LogP contribution in [0, 0.1) is 0 Å². The zero-order valence-corrected chi connectivity index (χ0v) is 13.0. The summed E-state index contributed by atoms with van der Waals surface area (Å²) in [5.41, 5.74) is 6.49. The highest BCUT2D eigenvalue weighted by Gasteiger charge is 2.08. The Hall–Kier alpha value is -1.75. The van der Waals surface area contributed by atoms with Gasteiger partial charge in [0.1, 0.15) is 0 Å². The highest BCUT2D eigenvalue weighted by Crippen LogP contribution is 2.23. The van der Waals surface area contributed by atoms with Crippen LogP contribution in [0.2, 0.25) is 5.02 Å². The normalized spacial score (nSPS) is 11.4. The number of oxime groups is 1. The Kier molecular flexibility index (Phi) is 7.61. The van der Waals surface area contributed by atoms with E-state index < -0.39 is 0 Å². The van der Waals surface area contributed by atoms with Crippen molar-refractivity contribution in [2.24, 2.45) is 10.9 Å². The summed E-state index contributed by atoms with van der Waals surface area (Å²) in [5, 5.41) is 14.8. The zero-order chi connectivity index (χ0) is 15.7. The molecule has 1 aromatic rings. The molecule has 0 aliphatic rings. The van der Waals surface area contributed by atoms with Gasteiger partial charge in [-0.1, -0.05) is 49.4 Å². The van der Waals surface area contributed by atoms with Gasteiger partial charge in [-0.15, -0.1) is 0 Å². The lowest BCUT2D eigenvalue weighted by Gasteiger charge is -2.09. The van der Waals surface area contributed by atoms with Crippen molar-refractivity contribution in [1.29, 1.82) is 0 Å². The predicted molar refractivity (Wildman–Crippen MR) is 86.0 cm³/mol. The minimum absolute atomic E-state index is 0.0262. The minimum Gasteiger partial charge on any atom is -0.409 e. The first kappa shape index (κ1) is 17.3. The average molecular weight is 312 g/mol. The Morgan fingerprint density at radius 2 is 2.05 bits per heavy atom. The fraction of sp³-hybridized carbons (Fsp3) is 0.467. The Bertz CT molecular complexity index is 504. The number of carbonyl (C=O) groups excluding carboxylic acids is 1. The summed E-state index contributed by atoms with van der Waals surface area (Å²) in [6.07, 6.45) is 5.93. The highest BCUT2D eigenvalue weighted by atomic mass is 35.5. The molecule has 1 rings (SSSR count). The van der Waals surface area contributed by atoms with Crippen LogP contribution in [0.15, 0.2) is 23.4 Å². The summed E-state index contributed by atoms with van der Waals surface area (Å²) < 4.78 is 0. The SMILES string of the molecule is CCCCCCCC(=O)Nc1cc(/C(N)=N/O)ccc1Cl. The highest BCUT2D eigenvalue weighted by molar-refractivity contribution is 6.33. The van der Waals surface area contributed by atoms with E-state index in [1.807, 2.05) is 0 Å². The molecular formula is C15H22ClN3O2. The van der Waals surface area contributed by atoms with Gasteiger partial charge < -0.3 is 16.3 Å². The van der Waals surface area contributed by atoms with Gasteiger partial charge in [0.05, 0.1) is 10.7 Å². The van der Waals surface area contributed by atoms with Gasteiger partial charge in [0.25, 0.3) is 0 Å². The molecule has 21 heavy (non-hydrogen) atoms. The van der Waals surface area contributed by atoms with Crippen LogP contribution in [0.1, 0.15) is 51.0 Å². The number of nitrogens with zero attached hydrogens (tertiary/aromatic N) is 1. The van der Waals surface area contributed by atoms with Crippen molar-refractivity contribution >= 4 is 29.0 Å². The van der Waals surface area contributed by atoms with E-state index in [0.29, 0.717) is 22.7 Å². The predicted octanol–water partition coefficient (Wildman–Crippen LogP) is 3.73. The molecular weight excluding hydrogens is 290 g/mol. The molecule has 5 nitrogen and oxygen atoms in total. The number of rotatable bonds is 8. The number of unbranched alkanes of at least 4 members (excludes halogenated alkanes) is 4. The molecule has 0 unspecified atom stereocenters. The number of carbonyl (C=O) groups is 1. The summed E-state index contributed by atoms with van der Waals surface area (Å²) in [4.78, 5) is 11.9. The second kappa shape index (κ2) is 9.23. The van der Waals surface area contributed by atoms with Crippen LogP contribution in [0.25, 0.3) is 0 Å². The lowest BCUT2D eigenvalue weighted by molar-refractivity contribution is -0.116. The molecule has 0 atom stereocenters. The number of halogens is 1. The van der Waals surface area contributed by atoms with E-state index in [4.69, 9.17) is 22.5 Å². The summed E-state index contributed by atoms with van der Waals surface area (Å²) in [6, 6.07) is 4.82. The van der Waals surface area contributed by atoms with Crippen LogP contribution in [0.5, 0.6) is 0 Å². The molecule has 0 saturated heterocycles. The molecule has 0 saturated carbocycles. The topological polar surface area (TPSA) is 87.7 Å². The summed E-state index contributed by atoms with van der Waals surface area (Å²) >= 11 is 6.03. The molecule has 0 aliphatic carbocycles. The number of nitrogens with two attached hydrogens (primary N) is 1. The van der Waals surface area contributed by atoms with Crippen LogP contribution in [-0.2, 0) is 4.79 Å². The second-order valence-corrected chi connectivity index (χ2v) is 5.30. The first-order chi connectivity index (χ1) is 10.1. The molecule has 0 heterocycles. The van der Waals surface area contributed by atoms with Crippen LogP contribution >= 0.6 is 11.6 Å². The number of amides is 1. The molecule has 0 radical (unpaired) electrons. The third-order valence-electron chi connectivity index (χ3n) is 3.15. The summed E-state index contributed by atoms with van der Waals surface area (Å²) in [5.74, 6) is -0.105. The maximum Gasteiger partial charge on any atom is 0.224 e. The number of nitrogens with one attached hydrogen (secondary N) is 1. The summed E-state index contributed by atoms with van der Waals surface area (Å²) in [7, 11) is 0.